The Balaban J connectivity index is 1.25. The Hall–Kier alpha value is -4.70. The van der Waals surface area contributed by atoms with E-state index in [1.54, 1.807) is 13.0 Å². The van der Waals surface area contributed by atoms with Gasteiger partial charge in [-0.25, -0.2) is 46.8 Å². The summed E-state index contributed by atoms with van der Waals surface area (Å²) in [6, 6.07) is 6.71. The lowest BCUT2D eigenvalue weighted by molar-refractivity contribution is 0.0969. The number of amides is 1. The first kappa shape index (κ1) is 29.8. The number of halogens is 1. The third-order valence-corrected chi connectivity index (χ3v) is 8.30. The maximum Gasteiger partial charge on any atom is 0.411 e. The molecule has 0 spiro atoms. The number of rotatable bonds is 9. The number of hydrogen-bond acceptors (Lipinski definition) is 12. The van der Waals surface area contributed by atoms with Gasteiger partial charge in [0.05, 0.1) is 58.9 Å². The van der Waals surface area contributed by atoms with Crippen LogP contribution in [0.5, 0.6) is 11.6 Å². The van der Waals surface area contributed by atoms with Crippen LogP contribution in [-0.4, -0.2) is 72.6 Å². The molecule has 0 aliphatic carbocycles. The summed E-state index contributed by atoms with van der Waals surface area (Å²) in [5.74, 6) is -0.292. The highest BCUT2D eigenvalue weighted by Crippen LogP contribution is 2.37. The van der Waals surface area contributed by atoms with E-state index < -0.39 is 28.0 Å². The summed E-state index contributed by atoms with van der Waals surface area (Å²) < 4.78 is 55.9. The Bertz CT molecular complexity index is 1940. The van der Waals surface area contributed by atoms with Crippen LogP contribution >= 0.6 is 11.3 Å². The van der Waals surface area contributed by atoms with E-state index in [9.17, 15) is 17.6 Å². The van der Waals surface area contributed by atoms with E-state index in [-0.39, 0.29) is 24.0 Å². The van der Waals surface area contributed by atoms with Crippen LogP contribution in [-0.2, 0) is 14.8 Å². The van der Waals surface area contributed by atoms with Gasteiger partial charge in [0.2, 0.25) is 21.9 Å². The van der Waals surface area contributed by atoms with Gasteiger partial charge in [-0.2, -0.15) is 0 Å². The van der Waals surface area contributed by atoms with Crippen LogP contribution in [0.4, 0.5) is 20.8 Å². The van der Waals surface area contributed by atoms with Crippen molar-refractivity contribution < 1.29 is 31.8 Å². The van der Waals surface area contributed by atoms with Crippen molar-refractivity contribution in [3.63, 3.8) is 0 Å². The van der Waals surface area contributed by atoms with Crippen molar-refractivity contribution in [2.24, 2.45) is 0 Å². The van der Waals surface area contributed by atoms with Gasteiger partial charge in [0.25, 0.3) is 0 Å². The maximum absolute atomic E-state index is 15.0. The van der Waals surface area contributed by atoms with Gasteiger partial charge in [0.1, 0.15) is 17.7 Å². The molecule has 0 radical (unpaired) electrons. The SMILES string of the molecule is COc1cnc2c(-c3nc4cc(F)c(O[C@@H](C)COC(=O)Nc5cnc(N(C)S(C)(=O)=O)nc5)cc4s3)cc(C)cc2n1. The van der Waals surface area contributed by atoms with Crippen molar-refractivity contribution in [3.8, 4) is 22.2 Å². The molecule has 3 aromatic heterocycles. The lowest BCUT2D eigenvalue weighted by atomic mass is 10.1. The molecule has 16 heteroatoms. The van der Waals surface area contributed by atoms with Gasteiger partial charge in [-0.05, 0) is 31.5 Å². The summed E-state index contributed by atoms with van der Waals surface area (Å²) >= 11 is 1.36. The predicted octanol–water partition coefficient (Wildman–Crippen LogP) is 4.56. The summed E-state index contributed by atoms with van der Waals surface area (Å²) in [5, 5.41) is 3.08. The monoisotopic (exact) mass is 627 g/mol. The molecule has 3 heterocycles. The van der Waals surface area contributed by atoms with Crippen molar-refractivity contribution in [1.82, 2.24) is 24.9 Å². The van der Waals surface area contributed by atoms with Crippen LogP contribution in [0.3, 0.4) is 0 Å². The number of hydrogen-bond donors (Lipinski definition) is 1. The fourth-order valence-corrected chi connectivity index (χ4v) is 5.32. The zero-order chi connectivity index (χ0) is 30.9. The fraction of sp³-hybridized carbons (Fsp3) is 0.259. The molecule has 0 fully saturated rings. The number of nitrogens with one attached hydrogen (secondary N) is 1. The fourth-order valence-electron chi connectivity index (χ4n) is 3.94. The third kappa shape index (κ3) is 6.70. The zero-order valence-electron chi connectivity index (χ0n) is 23.7. The molecule has 1 N–H and O–H groups in total. The molecule has 0 aliphatic heterocycles. The highest BCUT2D eigenvalue weighted by Gasteiger charge is 2.18. The van der Waals surface area contributed by atoms with E-state index in [4.69, 9.17) is 14.2 Å². The minimum atomic E-state index is -3.53. The number of aryl methyl sites for hydroxylation is 1. The van der Waals surface area contributed by atoms with Crippen LogP contribution in [0.25, 0.3) is 31.8 Å². The number of sulfonamides is 1. The summed E-state index contributed by atoms with van der Waals surface area (Å²) in [6.07, 6.45) is 3.51. The topological polar surface area (TPSA) is 159 Å². The number of thiazole rings is 1. The Morgan fingerprint density at radius 2 is 1.84 bits per heavy atom. The van der Waals surface area contributed by atoms with Crippen molar-refractivity contribution in [3.05, 3.63) is 54.2 Å². The summed E-state index contributed by atoms with van der Waals surface area (Å²) in [6.45, 7) is 3.38. The van der Waals surface area contributed by atoms with Gasteiger partial charge in [0.15, 0.2) is 11.6 Å². The van der Waals surface area contributed by atoms with Gasteiger partial charge in [-0.3, -0.25) is 5.32 Å². The van der Waals surface area contributed by atoms with E-state index in [1.165, 1.54) is 50.2 Å². The number of carbonyl (C=O) groups is 1. The average Bonchev–Trinajstić information content (AvgIpc) is 3.37. The highest BCUT2D eigenvalue weighted by atomic mass is 32.2. The lowest BCUT2D eigenvalue weighted by Gasteiger charge is -2.16. The summed E-state index contributed by atoms with van der Waals surface area (Å²) in [4.78, 5) is 33.7. The van der Waals surface area contributed by atoms with Crippen LogP contribution in [0.2, 0.25) is 0 Å². The number of anilines is 2. The van der Waals surface area contributed by atoms with E-state index in [0.717, 1.165) is 21.7 Å². The van der Waals surface area contributed by atoms with Crippen LogP contribution < -0.4 is 19.1 Å². The van der Waals surface area contributed by atoms with Crippen LogP contribution in [0, 0.1) is 12.7 Å². The second-order valence-corrected chi connectivity index (χ2v) is 12.6. The number of fused-ring (bicyclic) bond motifs is 2. The average molecular weight is 628 g/mol. The van der Waals surface area contributed by atoms with E-state index >= 15 is 0 Å². The van der Waals surface area contributed by atoms with Crippen LogP contribution in [0.15, 0.2) is 42.9 Å². The quantitative estimate of drug-likeness (QED) is 0.244. The molecule has 1 amide bonds. The Morgan fingerprint density at radius 3 is 2.53 bits per heavy atom. The second kappa shape index (κ2) is 11.9. The number of aromatic nitrogens is 5. The van der Waals surface area contributed by atoms with Gasteiger partial charge in [-0.1, -0.05) is 0 Å². The van der Waals surface area contributed by atoms with Crippen molar-refractivity contribution in [2.75, 3.05) is 36.6 Å². The molecule has 0 saturated carbocycles. The predicted molar refractivity (Wildman–Crippen MR) is 160 cm³/mol. The van der Waals surface area contributed by atoms with E-state index in [0.29, 0.717) is 32.1 Å². The Kier molecular flexibility index (Phi) is 8.23. The molecule has 1 atom stereocenters. The molecule has 5 aromatic rings. The number of methoxy groups -OCH3 is 1. The maximum atomic E-state index is 15.0. The number of benzene rings is 2. The first-order valence-corrected chi connectivity index (χ1v) is 15.4. The lowest BCUT2D eigenvalue weighted by Crippen LogP contribution is -2.27. The molecule has 0 saturated heterocycles. The molecule has 5 rings (SSSR count). The van der Waals surface area contributed by atoms with E-state index in [2.05, 4.69) is 30.2 Å². The molecule has 13 nitrogen and oxygen atoms in total. The van der Waals surface area contributed by atoms with Gasteiger partial charge < -0.3 is 14.2 Å². The largest absolute Gasteiger partial charge is 0.484 e. The van der Waals surface area contributed by atoms with Gasteiger partial charge in [0, 0.05) is 24.7 Å². The molecule has 0 bridgehead atoms. The zero-order valence-corrected chi connectivity index (χ0v) is 25.3. The third-order valence-electron chi connectivity index (χ3n) is 6.09. The molecular formula is C27H26FN7O6S2. The first-order valence-electron chi connectivity index (χ1n) is 12.7. The van der Waals surface area contributed by atoms with Gasteiger partial charge >= 0.3 is 6.09 Å². The molecule has 0 aliphatic rings. The summed E-state index contributed by atoms with van der Waals surface area (Å²) in [7, 11) is -0.700. The number of ether oxygens (including phenoxy) is 3. The van der Waals surface area contributed by atoms with Crippen molar-refractivity contribution in [1.29, 1.82) is 0 Å². The molecule has 224 valence electrons. The first-order chi connectivity index (χ1) is 20.4. The smallest absolute Gasteiger partial charge is 0.411 e. The Morgan fingerprint density at radius 1 is 1.09 bits per heavy atom. The van der Waals surface area contributed by atoms with Crippen LogP contribution in [0.1, 0.15) is 12.5 Å². The minimum Gasteiger partial charge on any atom is -0.484 e. The van der Waals surface area contributed by atoms with E-state index in [1.807, 2.05) is 19.1 Å². The molecular weight excluding hydrogens is 601 g/mol. The minimum absolute atomic E-state index is 0.0168. The van der Waals surface area contributed by atoms with Crippen molar-refractivity contribution in [2.45, 2.75) is 20.0 Å². The standard InChI is InChI=1S/C27H26FN7O6S2/c1-14-6-17(24-20(7-14)33-23(39-4)12-29-24)25-34-19-8-18(28)21(9-22(19)42-25)41-15(2)13-40-27(36)32-16-10-30-26(31-11-16)35(3)43(5,37)38/h6-12,15H,13H2,1-5H3,(H,32,36)/t15-/m0/s1. The second-order valence-electron chi connectivity index (χ2n) is 9.52. The summed E-state index contributed by atoms with van der Waals surface area (Å²) in [5.41, 5.74) is 3.68. The molecule has 2 aromatic carbocycles. The highest BCUT2D eigenvalue weighted by molar-refractivity contribution is 7.92. The molecule has 0 unspecified atom stereocenters. The Labute approximate surface area is 249 Å². The normalized spacial score (nSPS) is 12.2. The van der Waals surface area contributed by atoms with Gasteiger partial charge in [-0.15, -0.1) is 11.3 Å². The molecule has 43 heavy (non-hydrogen) atoms. The number of nitrogens with zero attached hydrogens (tertiary/aromatic N) is 6. The number of carbonyl (C=O) groups excluding carboxylic acids is 1. The van der Waals surface area contributed by atoms with Crippen molar-refractivity contribution >= 4 is 60.3 Å².